The van der Waals surface area contributed by atoms with E-state index in [0.717, 1.165) is 0 Å². The van der Waals surface area contributed by atoms with Gasteiger partial charge in [0.25, 0.3) is 0 Å². The monoisotopic (exact) mass is 276 g/mol. The Bertz CT molecular complexity index is 413. The minimum atomic E-state index is 0.471. The van der Waals surface area contributed by atoms with Crippen LogP contribution in [0, 0.1) is 17.8 Å². The zero-order valence-corrected chi connectivity index (χ0v) is 13.8. The van der Waals surface area contributed by atoms with Crippen molar-refractivity contribution in [2.45, 2.75) is 64.7 Å². The molecule has 0 amide bonds. The van der Waals surface area contributed by atoms with Gasteiger partial charge in [-0.3, -0.25) is 0 Å². The molecule has 0 heterocycles. The number of hydrogen-bond acceptors (Lipinski definition) is 1. The van der Waals surface area contributed by atoms with Crippen LogP contribution in [0.2, 0.25) is 0 Å². The fourth-order valence-electron chi connectivity index (χ4n) is 3.27. The highest BCUT2D eigenvalue weighted by Crippen LogP contribution is 2.53. The van der Waals surface area contributed by atoms with Crippen molar-refractivity contribution in [3.63, 3.8) is 0 Å². The molecule has 0 atom stereocenters. The largest absolute Gasteiger partial charge is 0.126 e. The average Bonchev–Trinajstić information content (AvgIpc) is 2.80. The van der Waals surface area contributed by atoms with E-state index in [1.165, 1.54) is 48.3 Å². The van der Waals surface area contributed by atoms with E-state index < -0.39 is 0 Å². The summed E-state index contributed by atoms with van der Waals surface area (Å²) >= 11 is 2.03. The third-order valence-electron chi connectivity index (χ3n) is 5.42. The third kappa shape index (κ3) is 3.37. The van der Waals surface area contributed by atoms with Gasteiger partial charge in [-0.05, 0) is 54.4 Å². The van der Waals surface area contributed by atoms with Gasteiger partial charge >= 0.3 is 0 Å². The zero-order chi connectivity index (χ0) is 13.9. The molecular formula is C18H28S. The van der Waals surface area contributed by atoms with Gasteiger partial charge in [-0.2, -0.15) is 0 Å². The summed E-state index contributed by atoms with van der Waals surface area (Å²) in [5.41, 5.74) is 2.45. The first-order chi connectivity index (χ1) is 8.95. The number of hydrogen-bond donors (Lipinski definition) is 0. The molecule has 0 radical (unpaired) electrons. The van der Waals surface area contributed by atoms with Crippen molar-refractivity contribution in [3.8, 4) is 0 Å². The van der Waals surface area contributed by atoms with E-state index in [2.05, 4.69) is 52.0 Å². The minimum absolute atomic E-state index is 0.471. The molecule has 1 heteroatoms. The normalized spacial score (nSPS) is 18.7. The summed E-state index contributed by atoms with van der Waals surface area (Å²) < 4.78 is 0. The van der Waals surface area contributed by atoms with Crippen molar-refractivity contribution >= 4 is 11.8 Å². The molecule has 2 rings (SSSR count). The van der Waals surface area contributed by atoms with Gasteiger partial charge in [0.05, 0.1) is 0 Å². The number of aryl methyl sites for hydroxylation is 1. The Labute approximate surface area is 123 Å². The molecule has 1 fully saturated rings. The van der Waals surface area contributed by atoms with Gasteiger partial charge in [-0.1, -0.05) is 51.8 Å². The van der Waals surface area contributed by atoms with E-state index in [1.807, 2.05) is 11.8 Å². The van der Waals surface area contributed by atoms with Crippen LogP contribution in [-0.2, 0) is 0 Å². The van der Waals surface area contributed by atoms with Crippen molar-refractivity contribution in [3.05, 3.63) is 29.8 Å². The summed E-state index contributed by atoms with van der Waals surface area (Å²) in [6.45, 7) is 9.69. The molecule has 106 valence electrons. The lowest BCUT2D eigenvalue weighted by molar-refractivity contribution is 0.0923. The van der Waals surface area contributed by atoms with Gasteiger partial charge < -0.3 is 0 Å². The van der Waals surface area contributed by atoms with Crippen molar-refractivity contribution in [2.75, 3.05) is 5.75 Å². The predicted molar refractivity (Wildman–Crippen MR) is 86.9 cm³/mol. The average molecular weight is 276 g/mol. The van der Waals surface area contributed by atoms with Crippen LogP contribution >= 0.6 is 11.8 Å². The van der Waals surface area contributed by atoms with Gasteiger partial charge in [-0.25, -0.2) is 0 Å². The molecule has 1 aromatic rings. The Morgan fingerprint density at radius 1 is 1.16 bits per heavy atom. The Balaban J connectivity index is 1.90. The van der Waals surface area contributed by atoms with E-state index in [0.29, 0.717) is 10.8 Å². The Kier molecular flexibility index (Phi) is 4.66. The fraction of sp³-hybridized carbons (Fsp3) is 0.667. The second-order valence-corrected chi connectivity index (χ2v) is 8.15. The van der Waals surface area contributed by atoms with E-state index >= 15 is 0 Å². The molecule has 1 aliphatic carbocycles. The smallest absolute Gasteiger partial charge is 0.0101 e. The molecule has 0 aromatic heterocycles. The van der Waals surface area contributed by atoms with Crippen molar-refractivity contribution in [1.82, 2.24) is 0 Å². The summed E-state index contributed by atoms with van der Waals surface area (Å²) in [5.74, 6) is 1.24. The number of thioether (sulfide) groups is 1. The molecule has 19 heavy (non-hydrogen) atoms. The van der Waals surface area contributed by atoms with Gasteiger partial charge in [0.1, 0.15) is 0 Å². The SMILES string of the molecule is Cc1ccccc1SCCC(C)(C)C1(C)CCCC1. The van der Waals surface area contributed by atoms with Crippen molar-refractivity contribution < 1.29 is 0 Å². The highest BCUT2D eigenvalue weighted by molar-refractivity contribution is 7.99. The third-order valence-corrected chi connectivity index (χ3v) is 6.60. The van der Waals surface area contributed by atoms with Gasteiger partial charge in [0.2, 0.25) is 0 Å². The summed E-state index contributed by atoms with van der Waals surface area (Å²) in [6.07, 6.45) is 7.04. The van der Waals surface area contributed by atoms with Crippen LogP contribution in [0.3, 0.4) is 0 Å². The lowest BCUT2D eigenvalue weighted by Gasteiger charge is -2.42. The van der Waals surface area contributed by atoms with Crippen molar-refractivity contribution in [1.29, 1.82) is 0 Å². The molecule has 1 aliphatic rings. The summed E-state index contributed by atoms with van der Waals surface area (Å²) in [4.78, 5) is 1.45. The summed E-state index contributed by atoms with van der Waals surface area (Å²) in [7, 11) is 0. The molecular weight excluding hydrogens is 248 g/mol. The second-order valence-electron chi connectivity index (χ2n) is 7.02. The summed E-state index contributed by atoms with van der Waals surface area (Å²) in [5, 5.41) is 0. The van der Waals surface area contributed by atoms with Crippen LogP contribution in [-0.4, -0.2) is 5.75 Å². The Morgan fingerprint density at radius 2 is 1.79 bits per heavy atom. The van der Waals surface area contributed by atoms with Gasteiger partial charge in [0.15, 0.2) is 0 Å². The van der Waals surface area contributed by atoms with Crippen LogP contribution in [0.4, 0.5) is 0 Å². The van der Waals surface area contributed by atoms with Crippen LogP contribution in [0.5, 0.6) is 0 Å². The predicted octanol–water partition coefficient (Wildman–Crippen LogP) is 6.08. The molecule has 1 aromatic carbocycles. The molecule has 0 saturated heterocycles. The van der Waals surface area contributed by atoms with Gasteiger partial charge in [0, 0.05) is 4.90 Å². The molecule has 0 unspecified atom stereocenters. The molecule has 0 aliphatic heterocycles. The van der Waals surface area contributed by atoms with E-state index in [-0.39, 0.29) is 0 Å². The lowest BCUT2D eigenvalue weighted by atomic mass is 9.64. The standard InChI is InChI=1S/C18H28S/c1-15-9-5-6-10-16(15)19-14-13-17(2,3)18(4)11-7-8-12-18/h5-6,9-10H,7-8,11-14H2,1-4H3. The molecule has 0 N–H and O–H groups in total. The van der Waals surface area contributed by atoms with E-state index in [4.69, 9.17) is 0 Å². The zero-order valence-electron chi connectivity index (χ0n) is 13.0. The first-order valence-electron chi connectivity index (χ1n) is 7.63. The summed E-state index contributed by atoms with van der Waals surface area (Å²) in [6, 6.07) is 8.75. The van der Waals surface area contributed by atoms with Crippen LogP contribution in [0.1, 0.15) is 58.4 Å². The maximum absolute atomic E-state index is 2.51. The number of benzene rings is 1. The first kappa shape index (κ1) is 15.0. The quantitative estimate of drug-likeness (QED) is 0.587. The fourth-order valence-corrected chi connectivity index (χ4v) is 4.57. The van der Waals surface area contributed by atoms with E-state index in [9.17, 15) is 0 Å². The molecule has 0 nitrogen and oxygen atoms in total. The highest BCUT2D eigenvalue weighted by Gasteiger charge is 2.42. The second kappa shape index (κ2) is 5.91. The molecule has 0 spiro atoms. The molecule has 0 bridgehead atoms. The Morgan fingerprint density at radius 3 is 2.42 bits per heavy atom. The van der Waals surface area contributed by atoms with Gasteiger partial charge in [-0.15, -0.1) is 11.8 Å². The minimum Gasteiger partial charge on any atom is -0.126 e. The highest BCUT2D eigenvalue weighted by atomic mass is 32.2. The number of rotatable bonds is 5. The van der Waals surface area contributed by atoms with Crippen LogP contribution in [0.15, 0.2) is 29.2 Å². The maximum atomic E-state index is 2.51. The topological polar surface area (TPSA) is 0 Å². The first-order valence-corrected chi connectivity index (χ1v) is 8.62. The lowest BCUT2D eigenvalue weighted by Crippen LogP contribution is -2.33. The van der Waals surface area contributed by atoms with Crippen LogP contribution in [0.25, 0.3) is 0 Å². The van der Waals surface area contributed by atoms with Crippen molar-refractivity contribution in [2.24, 2.45) is 10.8 Å². The Hall–Kier alpha value is -0.430. The van der Waals surface area contributed by atoms with Crippen LogP contribution < -0.4 is 0 Å². The van der Waals surface area contributed by atoms with E-state index in [1.54, 1.807) is 0 Å². The maximum Gasteiger partial charge on any atom is 0.0101 e. The molecule has 1 saturated carbocycles.